The maximum atomic E-state index is 10.9. The summed E-state index contributed by atoms with van der Waals surface area (Å²) in [6.45, 7) is 6.18. The highest BCUT2D eigenvalue weighted by Gasteiger charge is 2.18. The quantitative estimate of drug-likeness (QED) is 0.595. The lowest BCUT2D eigenvalue weighted by Gasteiger charge is -2.20. The van der Waals surface area contributed by atoms with Gasteiger partial charge >= 0.3 is 5.97 Å². The highest BCUT2D eigenvalue weighted by atomic mass is 32.2. The first-order chi connectivity index (χ1) is 7.45. The zero-order valence-corrected chi connectivity index (χ0v) is 10.9. The first kappa shape index (κ1) is 13.0. The number of methoxy groups -OCH3 is 1. The Morgan fingerprint density at radius 3 is 2.81 bits per heavy atom. The Morgan fingerprint density at radius 1 is 1.56 bits per heavy atom. The molecule has 0 fully saturated rings. The van der Waals surface area contributed by atoms with E-state index in [1.54, 1.807) is 0 Å². The number of aromatic nitrogens is 3. The molecule has 0 spiro atoms. The molecule has 16 heavy (non-hydrogen) atoms. The van der Waals surface area contributed by atoms with Crippen molar-refractivity contribution in [2.24, 2.45) is 0 Å². The van der Waals surface area contributed by atoms with Crippen LogP contribution in [0.15, 0.2) is 11.5 Å². The monoisotopic (exact) mass is 243 g/mol. The largest absolute Gasteiger partial charge is 0.469 e. The van der Waals surface area contributed by atoms with E-state index < -0.39 is 0 Å². The van der Waals surface area contributed by atoms with E-state index in [-0.39, 0.29) is 11.5 Å². The summed E-state index contributed by atoms with van der Waals surface area (Å²) in [5, 5.41) is 5.00. The Kier molecular flexibility index (Phi) is 4.35. The van der Waals surface area contributed by atoms with Crippen molar-refractivity contribution in [1.29, 1.82) is 0 Å². The molecular formula is C10H17N3O2S. The predicted octanol–water partition coefficient (Wildman–Crippen LogP) is 1.69. The molecule has 0 amide bonds. The Morgan fingerprint density at radius 2 is 2.25 bits per heavy atom. The van der Waals surface area contributed by atoms with Crippen LogP contribution in [0.5, 0.6) is 0 Å². The van der Waals surface area contributed by atoms with Crippen molar-refractivity contribution in [3.05, 3.63) is 6.33 Å². The molecule has 1 rings (SSSR count). The molecule has 0 aliphatic rings. The number of nitrogens with zero attached hydrogens (tertiary/aromatic N) is 3. The summed E-state index contributed by atoms with van der Waals surface area (Å²) >= 11 is 1.51. The molecule has 90 valence electrons. The minimum Gasteiger partial charge on any atom is -0.469 e. The SMILES string of the molecule is COC(=O)CCSc1ncnn1C(C)(C)C. The molecule has 5 nitrogen and oxygen atoms in total. The molecular weight excluding hydrogens is 226 g/mol. The fraction of sp³-hybridized carbons (Fsp3) is 0.700. The van der Waals surface area contributed by atoms with Gasteiger partial charge in [-0.3, -0.25) is 4.79 Å². The van der Waals surface area contributed by atoms with Gasteiger partial charge in [0.05, 0.1) is 19.1 Å². The third-order valence-corrected chi connectivity index (χ3v) is 2.86. The Balaban J connectivity index is 2.55. The van der Waals surface area contributed by atoms with Crippen molar-refractivity contribution in [2.75, 3.05) is 12.9 Å². The van der Waals surface area contributed by atoms with Gasteiger partial charge in [-0.1, -0.05) is 11.8 Å². The van der Waals surface area contributed by atoms with Gasteiger partial charge in [-0.25, -0.2) is 9.67 Å². The summed E-state index contributed by atoms with van der Waals surface area (Å²) in [6, 6.07) is 0. The van der Waals surface area contributed by atoms with E-state index in [2.05, 4.69) is 35.6 Å². The lowest BCUT2D eigenvalue weighted by atomic mass is 10.1. The summed E-state index contributed by atoms with van der Waals surface area (Å²) in [5.41, 5.74) is -0.0932. The molecule has 0 aliphatic heterocycles. The van der Waals surface area contributed by atoms with Gasteiger partial charge in [0.15, 0.2) is 5.16 Å². The molecule has 1 aromatic rings. The van der Waals surface area contributed by atoms with Crippen LogP contribution in [0, 0.1) is 0 Å². The molecule has 0 saturated carbocycles. The van der Waals surface area contributed by atoms with Crippen LogP contribution in [0.1, 0.15) is 27.2 Å². The van der Waals surface area contributed by atoms with Gasteiger partial charge in [-0.2, -0.15) is 5.10 Å². The van der Waals surface area contributed by atoms with Gasteiger partial charge in [-0.15, -0.1) is 0 Å². The van der Waals surface area contributed by atoms with Crippen LogP contribution < -0.4 is 0 Å². The molecule has 0 bridgehead atoms. The summed E-state index contributed by atoms with van der Waals surface area (Å²) in [5.74, 6) is 0.455. The van der Waals surface area contributed by atoms with Gasteiger partial charge in [0.2, 0.25) is 0 Å². The molecule has 0 saturated heterocycles. The van der Waals surface area contributed by atoms with E-state index in [0.29, 0.717) is 12.2 Å². The molecule has 0 aromatic carbocycles. The lowest BCUT2D eigenvalue weighted by Crippen LogP contribution is -2.24. The number of esters is 1. The average Bonchev–Trinajstić information content (AvgIpc) is 2.65. The fourth-order valence-electron chi connectivity index (χ4n) is 1.12. The number of thioether (sulfide) groups is 1. The van der Waals surface area contributed by atoms with Gasteiger partial charge < -0.3 is 4.74 Å². The number of carbonyl (C=O) groups excluding carboxylic acids is 1. The number of carbonyl (C=O) groups is 1. The van der Waals surface area contributed by atoms with Crippen molar-refractivity contribution in [3.63, 3.8) is 0 Å². The minimum absolute atomic E-state index is 0.0932. The van der Waals surface area contributed by atoms with Crippen LogP contribution in [0.4, 0.5) is 0 Å². The minimum atomic E-state index is -0.200. The highest BCUT2D eigenvalue weighted by Crippen LogP contribution is 2.22. The maximum Gasteiger partial charge on any atom is 0.306 e. The zero-order chi connectivity index (χ0) is 12.2. The van der Waals surface area contributed by atoms with Crippen LogP contribution >= 0.6 is 11.8 Å². The second-order valence-electron chi connectivity index (χ2n) is 4.30. The summed E-state index contributed by atoms with van der Waals surface area (Å²) in [7, 11) is 1.39. The standard InChI is InChI=1S/C10H17N3O2S/c1-10(2,3)13-9(11-7-12-13)16-6-5-8(14)15-4/h7H,5-6H2,1-4H3. The highest BCUT2D eigenvalue weighted by molar-refractivity contribution is 7.99. The van der Waals surface area contributed by atoms with Crippen LogP contribution in [0.25, 0.3) is 0 Å². The fourth-order valence-corrected chi connectivity index (χ4v) is 2.13. The molecule has 1 aromatic heterocycles. The van der Waals surface area contributed by atoms with Gasteiger partial charge in [-0.05, 0) is 20.8 Å². The number of ether oxygens (including phenoxy) is 1. The third-order valence-electron chi connectivity index (χ3n) is 1.92. The molecule has 0 radical (unpaired) electrons. The van der Waals surface area contributed by atoms with Crippen molar-refractivity contribution in [1.82, 2.24) is 14.8 Å². The molecule has 0 atom stereocenters. The van der Waals surface area contributed by atoms with E-state index in [1.807, 2.05) is 4.68 Å². The Hall–Kier alpha value is -1.04. The van der Waals surface area contributed by atoms with Gasteiger partial charge in [0.25, 0.3) is 0 Å². The average molecular weight is 243 g/mol. The second-order valence-corrected chi connectivity index (χ2v) is 5.36. The van der Waals surface area contributed by atoms with Gasteiger partial charge in [0, 0.05) is 5.75 Å². The summed E-state index contributed by atoms with van der Waals surface area (Å²) in [4.78, 5) is 15.1. The van der Waals surface area contributed by atoms with E-state index in [4.69, 9.17) is 0 Å². The van der Waals surface area contributed by atoms with Crippen molar-refractivity contribution in [2.45, 2.75) is 37.9 Å². The maximum absolute atomic E-state index is 10.9. The number of hydrogen-bond donors (Lipinski definition) is 0. The first-order valence-electron chi connectivity index (χ1n) is 5.05. The Bertz CT molecular complexity index is 357. The third kappa shape index (κ3) is 3.52. The first-order valence-corrected chi connectivity index (χ1v) is 6.04. The number of hydrogen-bond acceptors (Lipinski definition) is 5. The second kappa shape index (κ2) is 5.34. The van der Waals surface area contributed by atoms with Crippen LogP contribution in [-0.4, -0.2) is 33.6 Å². The van der Waals surface area contributed by atoms with Crippen molar-refractivity contribution < 1.29 is 9.53 Å². The molecule has 1 heterocycles. The molecule has 6 heteroatoms. The van der Waals surface area contributed by atoms with E-state index in [9.17, 15) is 4.79 Å². The van der Waals surface area contributed by atoms with E-state index in [0.717, 1.165) is 5.16 Å². The predicted molar refractivity (Wildman–Crippen MR) is 62.4 cm³/mol. The van der Waals surface area contributed by atoms with Crippen LogP contribution in [0.2, 0.25) is 0 Å². The van der Waals surface area contributed by atoms with E-state index in [1.165, 1.54) is 25.2 Å². The van der Waals surface area contributed by atoms with Crippen molar-refractivity contribution in [3.8, 4) is 0 Å². The topological polar surface area (TPSA) is 57.0 Å². The molecule has 0 aliphatic carbocycles. The molecule has 0 N–H and O–H groups in total. The normalized spacial score (nSPS) is 11.5. The summed E-state index contributed by atoms with van der Waals surface area (Å²) < 4.78 is 6.43. The van der Waals surface area contributed by atoms with E-state index >= 15 is 0 Å². The van der Waals surface area contributed by atoms with Crippen LogP contribution in [0.3, 0.4) is 0 Å². The van der Waals surface area contributed by atoms with Gasteiger partial charge in [0.1, 0.15) is 6.33 Å². The lowest BCUT2D eigenvalue weighted by molar-refractivity contribution is -0.140. The smallest absolute Gasteiger partial charge is 0.306 e. The molecule has 0 unspecified atom stereocenters. The zero-order valence-electron chi connectivity index (χ0n) is 10.1. The van der Waals surface area contributed by atoms with Crippen LogP contribution in [-0.2, 0) is 15.1 Å². The van der Waals surface area contributed by atoms with Crippen molar-refractivity contribution >= 4 is 17.7 Å². The Labute approximate surface area is 99.6 Å². The number of rotatable bonds is 4. The summed E-state index contributed by atoms with van der Waals surface area (Å²) in [6.07, 6.45) is 1.92.